The summed E-state index contributed by atoms with van der Waals surface area (Å²) in [5, 5.41) is 31.1. The highest BCUT2D eigenvalue weighted by molar-refractivity contribution is 7.15. The molecule has 29 heavy (non-hydrogen) atoms. The number of nitrogens with one attached hydrogen (secondary N) is 1. The molecule has 3 N–H and O–H groups in total. The average Bonchev–Trinajstić information content (AvgIpc) is 3.36. The molecule has 0 unspecified atom stereocenters. The lowest BCUT2D eigenvalue weighted by Gasteiger charge is -2.16. The zero-order chi connectivity index (χ0) is 20.2. The Morgan fingerprint density at radius 2 is 1.72 bits per heavy atom. The van der Waals surface area contributed by atoms with Crippen molar-refractivity contribution in [2.45, 2.75) is 30.7 Å². The van der Waals surface area contributed by atoms with E-state index in [9.17, 15) is 15.0 Å². The van der Waals surface area contributed by atoms with Crippen molar-refractivity contribution in [2.75, 3.05) is 11.9 Å². The Balaban J connectivity index is 1.52. The summed E-state index contributed by atoms with van der Waals surface area (Å²) in [6, 6.07) is 19.1. The van der Waals surface area contributed by atoms with Crippen LogP contribution in [0, 0.1) is 0 Å². The molecule has 0 aliphatic carbocycles. The Bertz CT molecular complexity index is 911. The number of nitrogens with zero attached hydrogens (tertiary/aromatic N) is 2. The summed E-state index contributed by atoms with van der Waals surface area (Å²) in [5.74, 6) is -0.682. The van der Waals surface area contributed by atoms with Crippen molar-refractivity contribution in [1.82, 2.24) is 10.2 Å². The number of benzene rings is 2. The first-order chi connectivity index (χ1) is 14.2. The number of amides is 1. The summed E-state index contributed by atoms with van der Waals surface area (Å²) in [6.07, 6.45) is -1.47. The van der Waals surface area contributed by atoms with Gasteiger partial charge in [-0.05, 0) is 11.1 Å². The first-order valence-electron chi connectivity index (χ1n) is 9.34. The third-order valence-corrected chi connectivity index (χ3v) is 5.81. The minimum Gasteiger partial charge on any atom is -0.394 e. The van der Waals surface area contributed by atoms with E-state index in [1.54, 1.807) is 0 Å². The van der Waals surface area contributed by atoms with Gasteiger partial charge in [0.15, 0.2) is 0 Å². The summed E-state index contributed by atoms with van der Waals surface area (Å²) in [6.45, 7) is -0.254. The average molecular weight is 411 g/mol. The molecule has 150 valence electrons. The monoisotopic (exact) mass is 411 g/mol. The smallest absolute Gasteiger partial charge is 0.238 e. The number of hydrogen-bond acceptors (Lipinski definition) is 7. The molecule has 1 amide bonds. The second-order valence-corrected chi connectivity index (χ2v) is 7.85. The van der Waals surface area contributed by atoms with Gasteiger partial charge in [-0.2, -0.15) is 0 Å². The van der Waals surface area contributed by atoms with Crippen LogP contribution in [0.1, 0.15) is 34.6 Å². The first kappa shape index (κ1) is 19.7. The number of carbonyl (C=O) groups is 1. The van der Waals surface area contributed by atoms with Gasteiger partial charge in [-0.25, -0.2) is 0 Å². The number of hydrogen-bond donors (Lipinski definition) is 3. The van der Waals surface area contributed by atoms with Crippen molar-refractivity contribution in [2.24, 2.45) is 0 Å². The van der Waals surface area contributed by atoms with E-state index in [4.69, 9.17) is 4.74 Å². The molecule has 4 rings (SSSR count). The summed E-state index contributed by atoms with van der Waals surface area (Å²) in [5.41, 5.74) is 1.77. The molecule has 0 bridgehead atoms. The summed E-state index contributed by atoms with van der Waals surface area (Å²) < 4.78 is 5.61. The molecule has 1 fully saturated rings. The van der Waals surface area contributed by atoms with Crippen LogP contribution in [0.5, 0.6) is 0 Å². The second-order valence-electron chi connectivity index (χ2n) is 6.84. The van der Waals surface area contributed by atoms with Crippen LogP contribution in [-0.2, 0) is 9.53 Å². The number of aliphatic hydroxyl groups excluding tert-OH is 2. The van der Waals surface area contributed by atoms with Crippen molar-refractivity contribution in [3.8, 4) is 0 Å². The Labute approximate surface area is 172 Å². The maximum Gasteiger partial charge on any atom is 0.238 e. The van der Waals surface area contributed by atoms with Crippen LogP contribution in [0.2, 0.25) is 0 Å². The Hall–Kier alpha value is -2.65. The van der Waals surface area contributed by atoms with Crippen molar-refractivity contribution in [3.05, 3.63) is 76.8 Å². The topological polar surface area (TPSA) is 105 Å². The van der Waals surface area contributed by atoms with Gasteiger partial charge < -0.3 is 14.9 Å². The van der Waals surface area contributed by atoms with Crippen molar-refractivity contribution in [1.29, 1.82) is 0 Å². The molecule has 3 aromatic rings. The van der Waals surface area contributed by atoms with Gasteiger partial charge in [-0.15, -0.1) is 10.2 Å². The van der Waals surface area contributed by atoms with Crippen molar-refractivity contribution >= 4 is 22.4 Å². The normalized spacial score (nSPS) is 21.4. The Morgan fingerprint density at radius 1 is 1.10 bits per heavy atom. The van der Waals surface area contributed by atoms with Gasteiger partial charge in [-0.3, -0.25) is 10.1 Å². The van der Waals surface area contributed by atoms with Crippen LogP contribution in [0.15, 0.2) is 60.7 Å². The molecule has 0 saturated carbocycles. The van der Waals surface area contributed by atoms with Crippen LogP contribution >= 0.6 is 11.3 Å². The number of carbonyl (C=O) groups excluding carboxylic acids is 1. The van der Waals surface area contributed by atoms with Gasteiger partial charge in [0.2, 0.25) is 11.0 Å². The number of aromatic nitrogens is 2. The zero-order valence-corrected chi connectivity index (χ0v) is 16.3. The molecule has 7 nitrogen and oxygen atoms in total. The number of aliphatic hydroxyl groups is 2. The SMILES string of the molecule is O=C(Nc1nnc([C@H]2C[C@H](O)[C@@H](CO)O2)s1)C(c1ccccc1)c1ccccc1. The fraction of sp³-hybridized carbons (Fsp3) is 0.286. The molecule has 1 aliphatic rings. The maximum absolute atomic E-state index is 13.1. The fourth-order valence-electron chi connectivity index (χ4n) is 3.43. The molecule has 1 saturated heterocycles. The molecular formula is C21H21N3O4S. The lowest BCUT2D eigenvalue weighted by Crippen LogP contribution is -2.24. The van der Waals surface area contributed by atoms with E-state index in [0.29, 0.717) is 16.6 Å². The number of rotatable bonds is 6. The predicted molar refractivity (Wildman–Crippen MR) is 109 cm³/mol. The lowest BCUT2D eigenvalue weighted by atomic mass is 9.90. The van der Waals surface area contributed by atoms with Crippen LogP contribution in [0.3, 0.4) is 0 Å². The van der Waals surface area contributed by atoms with E-state index >= 15 is 0 Å². The van der Waals surface area contributed by atoms with Crippen LogP contribution in [0.4, 0.5) is 5.13 Å². The Kier molecular flexibility index (Phi) is 5.96. The Morgan fingerprint density at radius 3 is 2.28 bits per heavy atom. The molecule has 3 atom stereocenters. The molecule has 1 aliphatic heterocycles. The van der Waals surface area contributed by atoms with Crippen LogP contribution in [0.25, 0.3) is 0 Å². The van der Waals surface area contributed by atoms with Crippen LogP contribution in [-0.4, -0.2) is 45.1 Å². The number of ether oxygens (including phenoxy) is 1. The lowest BCUT2D eigenvalue weighted by molar-refractivity contribution is -0.116. The highest BCUT2D eigenvalue weighted by Gasteiger charge is 2.36. The van der Waals surface area contributed by atoms with E-state index in [0.717, 1.165) is 11.1 Å². The van der Waals surface area contributed by atoms with Crippen molar-refractivity contribution in [3.63, 3.8) is 0 Å². The fourth-order valence-corrected chi connectivity index (χ4v) is 4.23. The molecule has 2 heterocycles. The standard InChI is InChI=1S/C21H21N3O4S/c25-12-17-15(26)11-16(28-17)20-23-24-21(29-20)22-19(27)18(13-7-3-1-4-8-13)14-9-5-2-6-10-14/h1-10,15-18,25-26H,11-12H2,(H,22,24,27)/t15-,16+,17+/m0/s1. The maximum atomic E-state index is 13.1. The van der Waals surface area contributed by atoms with E-state index in [-0.39, 0.29) is 12.5 Å². The van der Waals surface area contributed by atoms with E-state index < -0.39 is 24.2 Å². The largest absolute Gasteiger partial charge is 0.394 e. The molecule has 0 spiro atoms. The zero-order valence-electron chi connectivity index (χ0n) is 15.5. The summed E-state index contributed by atoms with van der Waals surface area (Å²) >= 11 is 1.21. The quantitative estimate of drug-likeness (QED) is 0.576. The predicted octanol–water partition coefficient (Wildman–Crippen LogP) is 2.49. The third kappa shape index (κ3) is 4.35. The van der Waals surface area contributed by atoms with Gasteiger partial charge in [0.05, 0.1) is 18.6 Å². The second kappa shape index (κ2) is 8.79. The first-order valence-corrected chi connectivity index (χ1v) is 10.2. The van der Waals surface area contributed by atoms with Gasteiger partial charge in [0.25, 0.3) is 0 Å². The minimum atomic E-state index is -0.743. The van der Waals surface area contributed by atoms with Gasteiger partial charge in [0.1, 0.15) is 17.2 Å². The van der Waals surface area contributed by atoms with E-state index in [2.05, 4.69) is 15.5 Å². The summed E-state index contributed by atoms with van der Waals surface area (Å²) in [4.78, 5) is 13.1. The molecule has 2 aromatic carbocycles. The number of anilines is 1. The van der Waals surface area contributed by atoms with Gasteiger partial charge in [0, 0.05) is 6.42 Å². The van der Waals surface area contributed by atoms with Gasteiger partial charge in [-0.1, -0.05) is 72.0 Å². The van der Waals surface area contributed by atoms with Gasteiger partial charge >= 0.3 is 0 Å². The molecule has 1 aromatic heterocycles. The molecule has 8 heteroatoms. The van der Waals surface area contributed by atoms with E-state index in [1.807, 2.05) is 60.7 Å². The van der Waals surface area contributed by atoms with Crippen LogP contribution < -0.4 is 5.32 Å². The molecule has 0 radical (unpaired) electrons. The minimum absolute atomic E-state index is 0.203. The molecular weight excluding hydrogens is 390 g/mol. The highest BCUT2D eigenvalue weighted by atomic mass is 32.1. The van der Waals surface area contributed by atoms with Crippen molar-refractivity contribution < 1.29 is 19.7 Å². The van der Waals surface area contributed by atoms with E-state index in [1.165, 1.54) is 11.3 Å². The summed E-state index contributed by atoms with van der Waals surface area (Å²) in [7, 11) is 0. The highest BCUT2D eigenvalue weighted by Crippen LogP contribution is 2.36. The third-order valence-electron chi connectivity index (χ3n) is 4.88.